The molecule has 1 fully saturated rings. The Balaban J connectivity index is 1.47. The zero-order valence-corrected chi connectivity index (χ0v) is 19.3. The molecule has 0 radical (unpaired) electrons. The van der Waals surface area contributed by atoms with Crippen molar-refractivity contribution >= 4 is 34.7 Å². The third-order valence-electron chi connectivity index (χ3n) is 4.91. The number of carbonyl (C=O) groups excluding carboxylic acids is 1. The second-order valence-corrected chi connectivity index (χ2v) is 9.32. The summed E-state index contributed by atoms with van der Waals surface area (Å²) in [6.07, 6.45) is 2.25. The van der Waals surface area contributed by atoms with Crippen LogP contribution >= 0.6 is 23.1 Å². The summed E-state index contributed by atoms with van der Waals surface area (Å²) in [5, 5.41) is 14.6. The highest BCUT2D eigenvalue weighted by Crippen LogP contribution is 2.30. The molecule has 4 rings (SSSR count). The first kappa shape index (κ1) is 21.9. The fourth-order valence-corrected chi connectivity index (χ4v) is 4.92. The lowest BCUT2D eigenvalue weighted by Crippen LogP contribution is -2.18. The fourth-order valence-electron chi connectivity index (χ4n) is 3.49. The van der Waals surface area contributed by atoms with E-state index in [0.717, 1.165) is 36.0 Å². The Morgan fingerprint density at radius 2 is 2.26 bits per heavy atom. The van der Waals surface area contributed by atoms with Gasteiger partial charge in [0.1, 0.15) is 5.75 Å². The summed E-state index contributed by atoms with van der Waals surface area (Å²) in [7, 11) is 0. The van der Waals surface area contributed by atoms with Crippen LogP contribution in [0.15, 0.2) is 40.9 Å². The van der Waals surface area contributed by atoms with E-state index in [-0.39, 0.29) is 17.8 Å². The highest BCUT2D eigenvalue weighted by atomic mass is 32.2. The van der Waals surface area contributed by atoms with Crippen molar-refractivity contribution in [1.29, 1.82) is 0 Å². The Hall–Kier alpha value is -2.36. The number of rotatable bonds is 9. The van der Waals surface area contributed by atoms with Gasteiger partial charge in [-0.25, -0.2) is 0 Å². The average molecular weight is 459 g/mol. The van der Waals surface area contributed by atoms with Crippen molar-refractivity contribution in [2.45, 2.75) is 44.5 Å². The molecule has 164 valence electrons. The van der Waals surface area contributed by atoms with Crippen LogP contribution in [0.4, 0.5) is 5.69 Å². The largest absolute Gasteiger partial charge is 0.492 e. The van der Waals surface area contributed by atoms with Gasteiger partial charge in [-0.3, -0.25) is 9.36 Å². The summed E-state index contributed by atoms with van der Waals surface area (Å²) in [4.78, 5) is 13.8. The molecule has 0 saturated carbocycles. The third-order valence-corrected chi connectivity index (χ3v) is 6.74. The number of para-hydroxylation sites is 2. The normalized spacial score (nSPS) is 15.9. The Bertz CT molecular complexity index is 1030. The van der Waals surface area contributed by atoms with Crippen molar-refractivity contribution in [3.8, 4) is 17.1 Å². The number of ether oxygens (including phenoxy) is 2. The first-order chi connectivity index (χ1) is 15.1. The van der Waals surface area contributed by atoms with Crippen LogP contribution in [0, 0.1) is 6.92 Å². The summed E-state index contributed by atoms with van der Waals surface area (Å²) in [6.45, 7) is 6.02. The maximum absolute atomic E-state index is 12.6. The fraction of sp³-hybridized carbons (Fsp3) is 0.409. The van der Waals surface area contributed by atoms with Crippen molar-refractivity contribution in [3.05, 3.63) is 40.6 Å². The Morgan fingerprint density at radius 1 is 1.39 bits per heavy atom. The molecule has 1 N–H and O–H groups in total. The van der Waals surface area contributed by atoms with Crippen molar-refractivity contribution in [3.63, 3.8) is 0 Å². The minimum Gasteiger partial charge on any atom is -0.492 e. The van der Waals surface area contributed by atoms with E-state index in [2.05, 4.69) is 38.5 Å². The molecule has 2 aromatic heterocycles. The molecule has 1 aromatic carbocycles. The molecule has 1 aliphatic rings. The zero-order valence-electron chi connectivity index (χ0n) is 17.7. The topological polar surface area (TPSA) is 78.3 Å². The van der Waals surface area contributed by atoms with Gasteiger partial charge >= 0.3 is 0 Å². The van der Waals surface area contributed by atoms with E-state index in [0.29, 0.717) is 24.6 Å². The lowest BCUT2D eigenvalue weighted by molar-refractivity contribution is -0.113. The first-order valence-electron chi connectivity index (χ1n) is 10.4. The average Bonchev–Trinajstić information content (AvgIpc) is 3.50. The van der Waals surface area contributed by atoms with Gasteiger partial charge in [-0.05, 0) is 44.9 Å². The highest BCUT2D eigenvalue weighted by molar-refractivity contribution is 7.99. The molecular weight excluding hydrogens is 432 g/mol. The molecule has 1 unspecified atom stereocenters. The molecule has 0 bridgehead atoms. The minimum atomic E-state index is -0.114. The lowest BCUT2D eigenvalue weighted by Gasteiger charge is -2.14. The first-order valence-corrected chi connectivity index (χ1v) is 12.3. The molecule has 3 heterocycles. The van der Waals surface area contributed by atoms with Gasteiger partial charge in [-0.2, -0.15) is 0 Å². The number of thioether (sulfide) groups is 1. The Morgan fingerprint density at radius 3 is 3.00 bits per heavy atom. The molecule has 31 heavy (non-hydrogen) atoms. The van der Waals surface area contributed by atoms with E-state index in [9.17, 15) is 4.79 Å². The highest BCUT2D eigenvalue weighted by Gasteiger charge is 2.22. The van der Waals surface area contributed by atoms with Gasteiger partial charge < -0.3 is 14.8 Å². The number of aryl methyl sites for hydroxylation is 1. The molecule has 1 saturated heterocycles. The second-order valence-electron chi connectivity index (χ2n) is 7.26. The maximum Gasteiger partial charge on any atom is 0.234 e. The van der Waals surface area contributed by atoms with Gasteiger partial charge in [-0.15, -0.1) is 21.5 Å². The van der Waals surface area contributed by atoms with Crippen LogP contribution in [0.25, 0.3) is 11.4 Å². The smallest absolute Gasteiger partial charge is 0.234 e. The predicted molar refractivity (Wildman–Crippen MR) is 124 cm³/mol. The number of anilines is 1. The van der Waals surface area contributed by atoms with E-state index < -0.39 is 0 Å². The zero-order chi connectivity index (χ0) is 21.6. The van der Waals surface area contributed by atoms with E-state index in [4.69, 9.17) is 9.47 Å². The minimum absolute atomic E-state index is 0.114. The Labute approximate surface area is 190 Å². The van der Waals surface area contributed by atoms with E-state index in [1.54, 1.807) is 11.3 Å². The van der Waals surface area contributed by atoms with Crippen molar-refractivity contribution in [2.75, 3.05) is 24.3 Å². The lowest BCUT2D eigenvalue weighted by atomic mass is 10.2. The molecule has 3 aromatic rings. The van der Waals surface area contributed by atoms with Crippen LogP contribution < -0.4 is 10.1 Å². The summed E-state index contributed by atoms with van der Waals surface area (Å²) in [6, 6.07) is 9.56. The number of nitrogens with one attached hydrogen (secondary N) is 1. The number of benzene rings is 1. The molecule has 9 heteroatoms. The number of carbonyl (C=O) groups is 1. The van der Waals surface area contributed by atoms with Crippen molar-refractivity contribution < 1.29 is 14.3 Å². The molecular formula is C22H26N4O3S2. The van der Waals surface area contributed by atoms with Crippen molar-refractivity contribution in [1.82, 2.24) is 14.8 Å². The molecule has 1 atom stereocenters. The summed E-state index contributed by atoms with van der Waals surface area (Å²) in [5.74, 6) is 1.61. The van der Waals surface area contributed by atoms with Gasteiger partial charge in [0, 0.05) is 22.4 Å². The van der Waals surface area contributed by atoms with Gasteiger partial charge in [-0.1, -0.05) is 23.9 Å². The second kappa shape index (κ2) is 10.3. The van der Waals surface area contributed by atoms with Crippen LogP contribution in [0.3, 0.4) is 0 Å². The molecule has 1 aliphatic heterocycles. The number of aromatic nitrogens is 3. The number of amides is 1. The number of hydrogen-bond donors (Lipinski definition) is 1. The van der Waals surface area contributed by atoms with Crippen molar-refractivity contribution in [2.24, 2.45) is 0 Å². The number of thiophene rings is 1. The predicted octanol–water partition coefficient (Wildman–Crippen LogP) is 4.62. The van der Waals surface area contributed by atoms with Gasteiger partial charge in [0.15, 0.2) is 11.0 Å². The molecule has 7 nitrogen and oxygen atoms in total. The molecule has 1 amide bonds. The SMILES string of the molecule is CCOc1ccccc1NC(=O)CSc1nnc(-c2csc(C)c2)n1CC1CCCO1. The van der Waals surface area contributed by atoms with Crippen LogP contribution in [0.1, 0.15) is 24.6 Å². The van der Waals surface area contributed by atoms with E-state index in [1.807, 2.05) is 31.2 Å². The standard InChI is InChI=1S/C22H26N4O3S2/c1-3-28-19-9-5-4-8-18(19)23-20(27)14-31-22-25-24-21(16-11-15(2)30-13-16)26(22)12-17-7-6-10-29-17/h4-5,8-9,11,13,17H,3,6-7,10,12,14H2,1-2H3,(H,23,27). The van der Waals surface area contributed by atoms with E-state index >= 15 is 0 Å². The van der Waals surface area contributed by atoms with Crippen LogP contribution in [0.2, 0.25) is 0 Å². The maximum atomic E-state index is 12.6. The Kier molecular flexibility index (Phi) is 7.26. The van der Waals surface area contributed by atoms with Gasteiger partial charge in [0.25, 0.3) is 0 Å². The van der Waals surface area contributed by atoms with Crippen LogP contribution in [-0.4, -0.2) is 45.7 Å². The third kappa shape index (κ3) is 5.47. The van der Waals surface area contributed by atoms with E-state index in [1.165, 1.54) is 16.6 Å². The van der Waals surface area contributed by atoms with Gasteiger partial charge in [0.2, 0.25) is 5.91 Å². The monoisotopic (exact) mass is 458 g/mol. The summed E-state index contributed by atoms with van der Waals surface area (Å²) >= 11 is 3.07. The summed E-state index contributed by atoms with van der Waals surface area (Å²) < 4.78 is 13.5. The number of nitrogens with zero attached hydrogens (tertiary/aromatic N) is 3. The summed E-state index contributed by atoms with van der Waals surface area (Å²) in [5.41, 5.74) is 1.72. The molecule has 0 aliphatic carbocycles. The van der Waals surface area contributed by atoms with Gasteiger partial charge in [0.05, 0.1) is 30.7 Å². The van der Waals surface area contributed by atoms with Crippen LogP contribution in [-0.2, 0) is 16.1 Å². The quantitative estimate of drug-likeness (QED) is 0.471. The molecule has 0 spiro atoms. The van der Waals surface area contributed by atoms with Crippen LogP contribution in [0.5, 0.6) is 5.75 Å². The number of hydrogen-bond acceptors (Lipinski definition) is 7.